The van der Waals surface area contributed by atoms with E-state index in [1.165, 1.54) is 0 Å². The summed E-state index contributed by atoms with van der Waals surface area (Å²) in [6.45, 7) is 5.14. The van der Waals surface area contributed by atoms with Crippen LogP contribution in [0, 0.1) is 13.8 Å². The van der Waals surface area contributed by atoms with Gasteiger partial charge in [-0.15, -0.1) is 11.3 Å². The summed E-state index contributed by atoms with van der Waals surface area (Å²) >= 11 is 1.07. The number of rotatable bonds is 5. The van der Waals surface area contributed by atoms with E-state index in [1.807, 2.05) is 0 Å². The molecule has 1 saturated carbocycles. The van der Waals surface area contributed by atoms with Gasteiger partial charge in [-0.25, -0.2) is 14.8 Å². The third-order valence-corrected chi connectivity index (χ3v) is 5.00. The number of carbonyl (C=O) groups is 2. The average molecular weight is 335 g/mol. The molecule has 23 heavy (non-hydrogen) atoms. The van der Waals surface area contributed by atoms with Crippen LogP contribution in [0.15, 0.2) is 4.42 Å². The lowest BCUT2D eigenvalue weighted by Gasteiger charge is -2.09. The fourth-order valence-corrected chi connectivity index (χ4v) is 3.17. The molecule has 1 unspecified atom stereocenters. The monoisotopic (exact) mass is 335 g/mol. The molecule has 0 aliphatic heterocycles. The lowest BCUT2D eigenvalue weighted by Crippen LogP contribution is -2.26. The summed E-state index contributed by atoms with van der Waals surface area (Å²) in [4.78, 5) is 32.1. The van der Waals surface area contributed by atoms with Crippen molar-refractivity contribution >= 4 is 23.2 Å². The number of nitrogens with zero attached hydrogens (tertiary/aromatic N) is 2. The fourth-order valence-electron chi connectivity index (χ4n) is 2.26. The molecule has 0 aromatic carbocycles. The normalized spacial score (nSPS) is 15.4. The lowest BCUT2D eigenvalue weighted by atomic mass is 10.3. The summed E-state index contributed by atoms with van der Waals surface area (Å²) in [6.07, 6.45) is 2.10. The number of hydrogen-bond donors (Lipinski definition) is 2. The third kappa shape index (κ3) is 3.12. The molecule has 2 heterocycles. The number of aromatic nitrogens is 2. The highest BCUT2D eigenvalue weighted by Crippen LogP contribution is 2.40. The molecule has 1 aliphatic carbocycles. The van der Waals surface area contributed by atoms with Crippen LogP contribution in [0.1, 0.15) is 74.2 Å². The number of aromatic carboxylic acids is 1. The molecule has 7 nitrogen and oxygen atoms in total. The van der Waals surface area contributed by atoms with E-state index < -0.39 is 12.0 Å². The van der Waals surface area contributed by atoms with E-state index in [1.54, 1.807) is 20.8 Å². The highest BCUT2D eigenvalue weighted by Gasteiger charge is 2.31. The van der Waals surface area contributed by atoms with Crippen molar-refractivity contribution in [3.8, 4) is 0 Å². The van der Waals surface area contributed by atoms with Crippen LogP contribution in [0.2, 0.25) is 0 Å². The maximum atomic E-state index is 12.3. The Hall–Kier alpha value is -2.22. The van der Waals surface area contributed by atoms with Crippen LogP contribution >= 0.6 is 11.3 Å². The Morgan fingerprint density at radius 2 is 2.00 bits per heavy atom. The van der Waals surface area contributed by atoms with Gasteiger partial charge in [-0.3, -0.25) is 4.79 Å². The van der Waals surface area contributed by atoms with Crippen LogP contribution in [-0.4, -0.2) is 27.0 Å². The molecule has 1 amide bonds. The highest BCUT2D eigenvalue weighted by atomic mass is 32.1. The molecule has 8 heteroatoms. The van der Waals surface area contributed by atoms with Gasteiger partial charge in [0.25, 0.3) is 5.91 Å². The van der Waals surface area contributed by atoms with Crippen LogP contribution < -0.4 is 5.32 Å². The van der Waals surface area contributed by atoms with Gasteiger partial charge in [-0.05, 0) is 33.6 Å². The molecule has 1 aliphatic rings. The molecule has 0 radical (unpaired) electrons. The quantitative estimate of drug-likeness (QED) is 0.870. The van der Waals surface area contributed by atoms with E-state index in [0.717, 1.165) is 24.2 Å². The van der Waals surface area contributed by atoms with Crippen molar-refractivity contribution in [2.45, 2.75) is 45.6 Å². The van der Waals surface area contributed by atoms with Gasteiger partial charge in [0.1, 0.15) is 9.88 Å². The summed E-state index contributed by atoms with van der Waals surface area (Å²) in [5.41, 5.74) is 1.02. The Bertz CT molecular complexity index is 776. The number of carbonyl (C=O) groups excluding carboxylic acids is 1. The second-order valence-electron chi connectivity index (χ2n) is 5.71. The predicted octanol–water partition coefficient (Wildman–Crippen LogP) is 2.81. The Morgan fingerprint density at radius 1 is 1.30 bits per heavy atom. The van der Waals surface area contributed by atoms with Crippen molar-refractivity contribution in [2.75, 3.05) is 0 Å². The van der Waals surface area contributed by atoms with Gasteiger partial charge >= 0.3 is 5.97 Å². The Kier molecular flexibility index (Phi) is 3.93. The molecule has 2 aromatic heterocycles. The summed E-state index contributed by atoms with van der Waals surface area (Å²) in [5.74, 6) is -0.194. The number of aryl methyl sites for hydroxylation is 2. The maximum Gasteiger partial charge on any atom is 0.347 e. The molecular weight excluding hydrogens is 318 g/mol. The van der Waals surface area contributed by atoms with Crippen molar-refractivity contribution in [3.63, 3.8) is 0 Å². The van der Waals surface area contributed by atoms with Crippen molar-refractivity contribution in [3.05, 3.63) is 32.9 Å². The van der Waals surface area contributed by atoms with E-state index in [0.29, 0.717) is 28.2 Å². The minimum Gasteiger partial charge on any atom is -0.477 e. The summed E-state index contributed by atoms with van der Waals surface area (Å²) in [7, 11) is 0. The fraction of sp³-hybridized carbons (Fsp3) is 0.467. The second-order valence-corrected chi connectivity index (χ2v) is 6.74. The molecular formula is C15H17N3O4S. The predicted molar refractivity (Wildman–Crippen MR) is 82.9 cm³/mol. The van der Waals surface area contributed by atoms with Gasteiger partial charge in [-0.1, -0.05) is 0 Å². The van der Waals surface area contributed by atoms with Gasteiger partial charge in [0.15, 0.2) is 5.89 Å². The highest BCUT2D eigenvalue weighted by molar-refractivity contribution is 7.13. The standard InChI is InChI=1S/C15H17N3O4S/c1-6-10(22-13(17-6)9-4-5-9)12(19)16-8(3)14-18-7(2)11(23-14)15(20)21/h8-9H,4-5H2,1-3H3,(H,16,19)(H,20,21). The Balaban J connectivity index is 1.74. The van der Waals surface area contributed by atoms with Crippen molar-refractivity contribution < 1.29 is 19.1 Å². The van der Waals surface area contributed by atoms with Crippen molar-refractivity contribution in [1.29, 1.82) is 0 Å². The van der Waals surface area contributed by atoms with E-state index in [9.17, 15) is 9.59 Å². The first-order valence-corrected chi connectivity index (χ1v) is 8.17. The summed E-state index contributed by atoms with van der Waals surface area (Å²) in [6, 6.07) is -0.409. The first-order valence-electron chi connectivity index (χ1n) is 7.35. The molecule has 0 spiro atoms. The largest absolute Gasteiger partial charge is 0.477 e. The number of amides is 1. The number of thiazole rings is 1. The van der Waals surface area contributed by atoms with Gasteiger partial charge in [0, 0.05) is 5.92 Å². The van der Waals surface area contributed by atoms with E-state index >= 15 is 0 Å². The summed E-state index contributed by atoms with van der Waals surface area (Å²) in [5, 5.41) is 12.4. The molecule has 1 atom stereocenters. The topological polar surface area (TPSA) is 105 Å². The van der Waals surface area contributed by atoms with Crippen molar-refractivity contribution in [1.82, 2.24) is 15.3 Å². The van der Waals surface area contributed by atoms with Crippen LogP contribution in [0.4, 0.5) is 0 Å². The SMILES string of the molecule is Cc1nc(C2CC2)oc1C(=O)NC(C)c1nc(C)c(C(=O)O)s1. The first kappa shape index (κ1) is 15.7. The number of oxazole rings is 1. The summed E-state index contributed by atoms with van der Waals surface area (Å²) < 4.78 is 5.57. The number of hydrogen-bond acceptors (Lipinski definition) is 6. The number of nitrogens with one attached hydrogen (secondary N) is 1. The van der Waals surface area contributed by atoms with Crippen molar-refractivity contribution in [2.24, 2.45) is 0 Å². The zero-order valence-electron chi connectivity index (χ0n) is 13.0. The molecule has 2 aromatic rings. The van der Waals surface area contributed by atoms with Gasteiger partial charge in [0.05, 0.1) is 17.4 Å². The zero-order chi connectivity index (χ0) is 16.7. The first-order chi connectivity index (χ1) is 10.9. The number of carboxylic acids is 1. The Labute approximate surface area is 136 Å². The lowest BCUT2D eigenvalue weighted by molar-refractivity contribution is 0.0700. The molecule has 0 bridgehead atoms. The molecule has 1 fully saturated rings. The number of carboxylic acid groups (broad SMARTS) is 1. The molecule has 0 saturated heterocycles. The van der Waals surface area contributed by atoms with Crippen LogP contribution in [-0.2, 0) is 0 Å². The zero-order valence-corrected chi connectivity index (χ0v) is 13.9. The van der Waals surface area contributed by atoms with Gasteiger partial charge in [0.2, 0.25) is 5.76 Å². The van der Waals surface area contributed by atoms with Gasteiger partial charge in [-0.2, -0.15) is 0 Å². The van der Waals surface area contributed by atoms with Crippen LogP contribution in [0.25, 0.3) is 0 Å². The molecule has 3 rings (SSSR count). The smallest absolute Gasteiger partial charge is 0.347 e. The van der Waals surface area contributed by atoms with Gasteiger partial charge < -0.3 is 14.8 Å². The van der Waals surface area contributed by atoms with Crippen LogP contribution in [0.3, 0.4) is 0 Å². The maximum absolute atomic E-state index is 12.3. The second kappa shape index (κ2) is 5.77. The molecule has 2 N–H and O–H groups in total. The van der Waals surface area contributed by atoms with E-state index in [4.69, 9.17) is 9.52 Å². The Morgan fingerprint density at radius 3 is 2.57 bits per heavy atom. The average Bonchev–Trinajstić information content (AvgIpc) is 3.14. The molecule has 122 valence electrons. The minimum absolute atomic E-state index is 0.188. The van der Waals surface area contributed by atoms with Crippen LogP contribution in [0.5, 0.6) is 0 Å². The minimum atomic E-state index is -1.01. The van der Waals surface area contributed by atoms with E-state index in [-0.39, 0.29) is 16.5 Å². The third-order valence-electron chi connectivity index (χ3n) is 3.67. The van der Waals surface area contributed by atoms with E-state index in [2.05, 4.69) is 15.3 Å².